The lowest BCUT2D eigenvalue weighted by molar-refractivity contribution is -0.113. The number of anilines is 2. The number of rotatable bonds is 6. The molecule has 1 aromatic heterocycles. The first-order valence-corrected chi connectivity index (χ1v) is 11.3. The second kappa shape index (κ2) is 9.10. The van der Waals surface area contributed by atoms with Gasteiger partial charge in [0.1, 0.15) is 6.33 Å². The van der Waals surface area contributed by atoms with Crippen LogP contribution in [0.4, 0.5) is 11.4 Å². The summed E-state index contributed by atoms with van der Waals surface area (Å²) < 4.78 is 1.83. The molecule has 1 fully saturated rings. The Kier molecular flexibility index (Phi) is 6.29. The van der Waals surface area contributed by atoms with E-state index in [1.54, 1.807) is 6.33 Å². The lowest BCUT2D eigenvalue weighted by atomic mass is 10.1. The van der Waals surface area contributed by atoms with Gasteiger partial charge in [-0.1, -0.05) is 29.4 Å². The molecule has 2 heterocycles. The van der Waals surface area contributed by atoms with Gasteiger partial charge in [-0.15, -0.1) is 10.2 Å². The number of benzene rings is 2. The zero-order valence-electron chi connectivity index (χ0n) is 17.1. The Morgan fingerprint density at radius 3 is 2.67 bits per heavy atom. The van der Waals surface area contributed by atoms with E-state index < -0.39 is 0 Å². The van der Waals surface area contributed by atoms with E-state index in [2.05, 4.69) is 33.4 Å². The highest BCUT2D eigenvalue weighted by Crippen LogP contribution is 2.27. The van der Waals surface area contributed by atoms with Crippen LogP contribution in [0, 0.1) is 13.8 Å². The third-order valence-electron chi connectivity index (χ3n) is 5.21. The average molecular weight is 442 g/mol. The van der Waals surface area contributed by atoms with Gasteiger partial charge in [0.25, 0.3) is 0 Å². The number of carbonyl (C=O) groups excluding carboxylic acids is 1. The zero-order chi connectivity index (χ0) is 21.1. The van der Waals surface area contributed by atoms with Crippen LogP contribution < -0.4 is 10.2 Å². The minimum Gasteiger partial charge on any atom is -0.371 e. The molecule has 1 N–H and O–H groups in total. The number of nitrogens with zero attached hydrogens (tertiary/aromatic N) is 4. The van der Waals surface area contributed by atoms with E-state index in [4.69, 9.17) is 11.6 Å². The fourth-order valence-electron chi connectivity index (χ4n) is 3.60. The summed E-state index contributed by atoms with van der Waals surface area (Å²) in [7, 11) is 0. The van der Waals surface area contributed by atoms with Crippen molar-refractivity contribution in [3.63, 3.8) is 0 Å². The molecule has 156 valence electrons. The molecule has 0 bridgehead atoms. The van der Waals surface area contributed by atoms with Gasteiger partial charge in [-0.05, 0) is 68.1 Å². The normalized spacial score (nSPS) is 13.6. The molecule has 3 aromatic rings. The molecule has 1 amide bonds. The van der Waals surface area contributed by atoms with Gasteiger partial charge in [0.15, 0.2) is 5.16 Å². The molecule has 6 nitrogen and oxygen atoms in total. The van der Waals surface area contributed by atoms with Crippen molar-refractivity contribution in [2.45, 2.75) is 31.8 Å². The number of amides is 1. The molecule has 0 spiro atoms. The number of halogens is 1. The van der Waals surface area contributed by atoms with Crippen molar-refractivity contribution in [3.8, 4) is 5.69 Å². The number of aryl methyl sites for hydroxylation is 2. The van der Waals surface area contributed by atoms with Gasteiger partial charge < -0.3 is 10.2 Å². The summed E-state index contributed by atoms with van der Waals surface area (Å²) in [6.45, 7) is 6.26. The van der Waals surface area contributed by atoms with Crippen molar-refractivity contribution < 1.29 is 4.79 Å². The first-order valence-electron chi connectivity index (χ1n) is 9.96. The van der Waals surface area contributed by atoms with E-state index in [1.807, 2.05) is 41.8 Å². The van der Waals surface area contributed by atoms with Crippen LogP contribution in [0.5, 0.6) is 0 Å². The smallest absolute Gasteiger partial charge is 0.234 e. The van der Waals surface area contributed by atoms with Crippen molar-refractivity contribution in [2.24, 2.45) is 0 Å². The number of thioether (sulfide) groups is 1. The summed E-state index contributed by atoms with van der Waals surface area (Å²) in [6, 6.07) is 11.9. The van der Waals surface area contributed by atoms with Crippen LogP contribution in [0.3, 0.4) is 0 Å². The molecule has 30 heavy (non-hydrogen) atoms. The SMILES string of the molecule is Cc1ccc(-n2cnnc2SCC(=O)Nc2ccc(N3CCCC3)c(C)c2)cc1Cl. The highest BCUT2D eigenvalue weighted by Gasteiger charge is 2.15. The van der Waals surface area contributed by atoms with Gasteiger partial charge in [-0.2, -0.15) is 0 Å². The van der Waals surface area contributed by atoms with E-state index in [0.717, 1.165) is 30.0 Å². The molecule has 1 aliphatic heterocycles. The second-order valence-corrected chi connectivity index (χ2v) is 8.80. The predicted octanol–water partition coefficient (Wildman–Crippen LogP) is 4.87. The Morgan fingerprint density at radius 2 is 1.93 bits per heavy atom. The van der Waals surface area contributed by atoms with Crippen LogP contribution >= 0.6 is 23.4 Å². The maximum Gasteiger partial charge on any atom is 0.234 e. The number of hydrogen-bond donors (Lipinski definition) is 1. The molecule has 1 saturated heterocycles. The van der Waals surface area contributed by atoms with Gasteiger partial charge in [-0.25, -0.2) is 0 Å². The van der Waals surface area contributed by atoms with Gasteiger partial charge in [0, 0.05) is 29.5 Å². The van der Waals surface area contributed by atoms with Gasteiger partial charge in [0.2, 0.25) is 5.91 Å². The summed E-state index contributed by atoms with van der Waals surface area (Å²) in [5, 5.41) is 12.4. The van der Waals surface area contributed by atoms with E-state index in [0.29, 0.717) is 10.2 Å². The Labute approximate surface area is 185 Å². The number of nitrogens with one attached hydrogen (secondary N) is 1. The summed E-state index contributed by atoms with van der Waals surface area (Å²) in [5.74, 6) is 0.162. The van der Waals surface area contributed by atoms with E-state index in [9.17, 15) is 4.79 Å². The molecule has 0 saturated carbocycles. The summed E-state index contributed by atoms with van der Waals surface area (Å²) in [4.78, 5) is 14.9. The topological polar surface area (TPSA) is 63.1 Å². The van der Waals surface area contributed by atoms with E-state index in [-0.39, 0.29) is 11.7 Å². The molecule has 0 atom stereocenters. The van der Waals surface area contributed by atoms with Crippen LogP contribution in [0.2, 0.25) is 5.02 Å². The van der Waals surface area contributed by atoms with Gasteiger partial charge in [-0.3, -0.25) is 9.36 Å². The van der Waals surface area contributed by atoms with Crippen molar-refractivity contribution >= 4 is 40.6 Å². The maximum absolute atomic E-state index is 12.5. The van der Waals surface area contributed by atoms with Crippen molar-refractivity contribution in [1.82, 2.24) is 14.8 Å². The third kappa shape index (κ3) is 4.63. The van der Waals surface area contributed by atoms with Crippen LogP contribution in [-0.4, -0.2) is 39.5 Å². The van der Waals surface area contributed by atoms with Crippen LogP contribution in [0.15, 0.2) is 47.9 Å². The predicted molar refractivity (Wildman–Crippen MR) is 123 cm³/mol. The molecule has 1 aliphatic rings. The molecule has 2 aromatic carbocycles. The third-order valence-corrected chi connectivity index (χ3v) is 6.56. The molecular formula is C22H24ClN5OS. The lowest BCUT2D eigenvalue weighted by Crippen LogP contribution is -2.19. The Bertz CT molecular complexity index is 1060. The van der Waals surface area contributed by atoms with E-state index in [1.165, 1.54) is 35.9 Å². The minimum absolute atomic E-state index is 0.0789. The summed E-state index contributed by atoms with van der Waals surface area (Å²) in [5.41, 5.74) is 5.12. The molecule has 8 heteroatoms. The monoisotopic (exact) mass is 441 g/mol. The van der Waals surface area contributed by atoms with Gasteiger partial charge in [0.05, 0.1) is 11.4 Å². The fourth-order valence-corrected chi connectivity index (χ4v) is 4.51. The number of aromatic nitrogens is 3. The maximum atomic E-state index is 12.5. The number of hydrogen-bond acceptors (Lipinski definition) is 5. The quantitative estimate of drug-likeness (QED) is 0.553. The summed E-state index contributed by atoms with van der Waals surface area (Å²) >= 11 is 7.58. The Balaban J connectivity index is 1.38. The second-order valence-electron chi connectivity index (χ2n) is 7.45. The minimum atomic E-state index is -0.0789. The average Bonchev–Trinajstić information content (AvgIpc) is 3.40. The van der Waals surface area contributed by atoms with Crippen LogP contribution in [-0.2, 0) is 4.79 Å². The highest BCUT2D eigenvalue weighted by molar-refractivity contribution is 7.99. The highest BCUT2D eigenvalue weighted by atomic mass is 35.5. The fraction of sp³-hybridized carbons (Fsp3) is 0.318. The molecular weight excluding hydrogens is 418 g/mol. The molecule has 0 aliphatic carbocycles. The van der Waals surface area contributed by atoms with E-state index >= 15 is 0 Å². The number of carbonyl (C=O) groups is 1. The van der Waals surface area contributed by atoms with Crippen molar-refractivity contribution in [1.29, 1.82) is 0 Å². The molecule has 4 rings (SSSR count). The standard InChI is InChI=1S/C22H24ClN5OS/c1-15-5-7-18(12-19(15)23)28-14-24-26-22(28)30-13-21(29)25-17-6-8-20(16(2)11-17)27-9-3-4-10-27/h5-8,11-12,14H,3-4,9-10,13H2,1-2H3,(H,25,29). The Morgan fingerprint density at radius 1 is 1.13 bits per heavy atom. The van der Waals surface area contributed by atoms with Crippen LogP contribution in [0.25, 0.3) is 5.69 Å². The Hall–Kier alpha value is -2.51. The van der Waals surface area contributed by atoms with Crippen molar-refractivity contribution in [2.75, 3.05) is 29.1 Å². The lowest BCUT2D eigenvalue weighted by Gasteiger charge is -2.20. The molecule has 0 radical (unpaired) electrons. The molecule has 0 unspecified atom stereocenters. The summed E-state index contributed by atoms with van der Waals surface area (Å²) in [6.07, 6.45) is 4.12. The van der Waals surface area contributed by atoms with Crippen LogP contribution in [0.1, 0.15) is 24.0 Å². The largest absolute Gasteiger partial charge is 0.371 e. The first kappa shape index (κ1) is 20.8. The zero-order valence-corrected chi connectivity index (χ0v) is 18.6. The van der Waals surface area contributed by atoms with Gasteiger partial charge >= 0.3 is 0 Å². The first-order chi connectivity index (χ1) is 14.5. The van der Waals surface area contributed by atoms with Crippen molar-refractivity contribution in [3.05, 3.63) is 58.9 Å².